The molecule has 1 saturated heterocycles. The Kier molecular flexibility index (Phi) is 5.84. The highest BCUT2D eigenvalue weighted by Gasteiger charge is 2.29. The van der Waals surface area contributed by atoms with Crippen LogP contribution in [0.4, 0.5) is 0 Å². The molecule has 0 spiro atoms. The van der Waals surface area contributed by atoms with Crippen molar-refractivity contribution in [3.8, 4) is 28.7 Å². The second-order valence-corrected chi connectivity index (χ2v) is 8.37. The number of aliphatic carboxylic acids is 1. The molecular formula is C27H23N3O4. The Labute approximate surface area is 196 Å². The number of oxazole rings is 1. The zero-order valence-electron chi connectivity index (χ0n) is 18.7. The van der Waals surface area contributed by atoms with Gasteiger partial charge in [-0.1, -0.05) is 42.5 Å². The lowest BCUT2D eigenvalue weighted by Crippen LogP contribution is -2.49. The molecule has 2 heterocycles. The Balaban J connectivity index is 1.52. The van der Waals surface area contributed by atoms with Crippen molar-refractivity contribution in [1.82, 2.24) is 9.88 Å². The summed E-state index contributed by atoms with van der Waals surface area (Å²) in [5.74, 6) is -0.500. The second-order valence-electron chi connectivity index (χ2n) is 8.37. The molecule has 7 heteroatoms. The van der Waals surface area contributed by atoms with Gasteiger partial charge in [-0.25, -0.2) is 4.98 Å². The van der Waals surface area contributed by atoms with Crippen LogP contribution < -0.4 is 0 Å². The van der Waals surface area contributed by atoms with Gasteiger partial charge in [-0.05, 0) is 41.8 Å². The number of carboxylic acids is 1. The van der Waals surface area contributed by atoms with Crippen LogP contribution in [0.2, 0.25) is 0 Å². The lowest BCUT2D eigenvalue weighted by molar-refractivity contribution is -0.150. The minimum absolute atomic E-state index is 0.180. The number of carboxylic acid groups (broad SMARTS) is 1. The zero-order valence-corrected chi connectivity index (χ0v) is 18.7. The third-order valence-corrected chi connectivity index (χ3v) is 6.24. The first-order valence-electron chi connectivity index (χ1n) is 11.1. The van der Waals surface area contributed by atoms with Crippen molar-refractivity contribution in [3.63, 3.8) is 0 Å². The van der Waals surface area contributed by atoms with Gasteiger partial charge in [0.25, 0.3) is 0 Å². The fourth-order valence-corrected chi connectivity index (χ4v) is 4.39. The molecule has 3 aromatic carbocycles. The first kappa shape index (κ1) is 21.8. The van der Waals surface area contributed by atoms with Crippen LogP contribution in [-0.2, 0) is 16.1 Å². The maximum Gasteiger partial charge on any atom is 0.323 e. The number of rotatable bonds is 5. The van der Waals surface area contributed by atoms with Gasteiger partial charge in [-0.2, -0.15) is 5.26 Å². The number of benzene rings is 3. The third-order valence-electron chi connectivity index (χ3n) is 6.24. The largest absolute Gasteiger partial charge is 0.480 e. The van der Waals surface area contributed by atoms with E-state index in [1.807, 2.05) is 72.5 Å². The number of aryl methyl sites for hydroxylation is 1. The van der Waals surface area contributed by atoms with Crippen LogP contribution in [0.15, 0.2) is 65.1 Å². The average Bonchev–Trinajstić information content (AvgIpc) is 3.27. The number of aromatic nitrogens is 1. The summed E-state index contributed by atoms with van der Waals surface area (Å²) in [6.07, 6.45) is 0. The molecule has 0 radical (unpaired) electrons. The van der Waals surface area contributed by atoms with Gasteiger partial charge in [0.15, 0.2) is 5.58 Å². The molecule has 170 valence electrons. The number of nitrogens with zero attached hydrogens (tertiary/aromatic N) is 3. The summed E-state index contributed by atoms with van der Waals surface area (Å²) in [6, 6.07) is 20.9. The van der Waals surface area contributed by atoms with E-state index in [1.165, 1.54) is 0 Å². The predicted molar refractivity (Wildman–Crippen MR) is 127 cm³/mol. The van der Waals surface area contributed by atoms with Crippen LogP contribution in [0.1, 0.15) is 16.7 Å². The van der Waals surface area contributed by atoms with Crippen LogP contribution in [-0.4, -0.2) is 46.8 Å². The quantitative estimate of drug-likeness (QED) is 0.470. The highest BCUT2D eigenvalue weighted by Crippen LogP contribution is 2.34. The molecule has 0 aliphatic carbocycles. The van der Waals surface area contributed by atoms with Crippen molar-refractivity contribution in [3.05, 3.63) is 77.4 Å². The first-order valence-corrected chi connectivity index (χ1v) is 11.1. The summed E-state index contributed by atoms with van der Waals surface area (Å²) in [4.78, 5) is 18.2. The highest BCUT2D eigenvalue weighted by atomic mass is 16.5. The van der Waals surface area contributed by atoms with Gasteiger partial charge < -0.3 is 14.3 Å². The maximum absolute atomic E-state index is 11.6. The van der Waals surface area contributed by atoms with E-state index in [0.29, 0.717) is 47.8 Å². The van der Waals surface area contributed by atoms with E-state index in [0.717, 1.165) is 22.3 Å². The molecule has 1 N–H and O–H groups in total. The molecule has 1 fully saturated rings. The van der Waals surface area contributed by atoms with Crippen molar-refractivity contribution in [1.29, 1.82) is 5.26 Å². The Hall–Kier alpha value is -3.99. The molecule has 1 aliphatic rings. The van der Waals surface area contributed by atoms with Crippen molar-refractivity contribution < 1.29 is 19.1 Å². The number of carbonyl (C=O) groups is 1. The average molecular weight is 453 g/mol. The number of morpholine rings is 1. The minimum atomic E-state index is -0.885. The third kappa shape index (κ3) is 4.05. The highest BCUT2D eigenvalue weighted by molar-refractivity contribution is 5.83. The van der Waals surface area contributed by atoms with E-state index in [2.05, 4.69) is 6.07 Å². The van der Waals surface area contributed by atoms with Crippen LogP contribution in [0.25, 0.3) is 33.7 Å². The fraction of sp³-hybridized carbons (Fsp3) is 0.222. The Morgan fingerprint density at radius 3 is 2.74 bits per heavy atom. The molecule has 1 aliphatic heterocycles. The summed E-state index contributed by atoms with van der Waals surface area (Å²) < 4.78 is 11.4. The van der Waals surface area contributed by atoms with E-state index in [-0.39, 0.29) is 6.61 Å². The number of nitriles is 1. The lowest BCUT2D eigenvalue weighted by Gasteiger charge is -2.33. The van der Waals surface area contributed by atoms with Gasteiger partial charge in [0.05, 0.1) is 24.3 Å². The molecular weight excluding hydrogens is 430 g/mol. The molecule has 4 aromatic rings. The topological polar surface area (TPSA) is 99.6 Å². The van der Waals surface area contributed by atoms with Gasteiger partial charge >= 0.3 is 5.97 Å². The molecule has 7 nitrogen and oxygen atoms in total. The van der Waals surface area contributed by atoms with E-state index in [1.54, 1.807) is 0 Å². The van der Waals surface area contributed by atoms with Gasteiger partial charge in [0, 0.05) is 18.7 Å². The Morgan fingerprint density at radius 1 is 1.18 bits per heavy atom. The molecule has 0 saturated carbocycles. The Morgan fingerprint density at radius 2 is 1.97 bits per heavy atom. The molecule has 1 aromatic heterocycles. The summed E-state index contributed by atoms with van der Waals surface area (Å²) >= 11 is 0. The maximum atomic E-state index is 11.6. The van der Waals surface area contributed by atoms with Crippen molar-refractivity contribution in [2.45, 2.75) is 19.5 Å². The van der Waals surface area contributed by atoms with Crippen LogP contribution in [0, 0.1) is 18.3 Å². The van der Waals surface area contributed by atoms with Crippen LogP contribution in [0.3, 0.4) is 0 Å². The van der Waals surface area contributed by atoms with E-state index in [9.17, 15) is 15.2 Å². The standard InChI is InChI=1S/C27H23N3O4/c1-17-12-25-23(13-19(17)15-30-10-11-33-16-24(30)27(31)32)29-26(34-25)21-9-5-8-20(22(21)14-28)18-6-3-2-4-7-18/h2-9,12-13,24H,10-11,15-16H2,1H3,(H,31,32). The van der Waals surface area contributed by atoms with Gasteiger partial charge in [0.2, 0.25) is 5.89 Å². The van der Waals surface area contributed by atoms with Crippen molar-refractivity contribution >= 4 is 17.1 Å². The summed E-state index contributed by atoms with van der Waals surface area (Å²) in [5.41, 5.74) is 6.20. The van der Waals surface area contributed by atoms with Gasteiger partial charge in [-0.3, -0.25) is 9.69 Å². The number of ether oxygens (including phenoxy) is 1. The van der Waals surface area contributed by atoms with Crippen LogP contribution >= 0.6 is 0 Å². The summed E-state index contributed by atoms with van der Waals surface area (Å²) in [6.45, 7) is 3.70. The fourth-order valence-electron chi connectivity index (χ4n) is 4.39. The van der Waals surface area contributed by atoms with E-state index in [4.69, 9.17) is 14.1 Å². The van der Waals surface area contributed by atoms with Gasteiger partial charge in [-0.15, -0.1) is 0 Å². The number of fused-ring (bicyclic) bond motifs is 1. The monoisotopic (exact) mass is 453 g/mol. The second kappa shape index (κ2) is 9.10. The van der Waals surface area contributed by atoms with E-state index >= 15 is 0 Å². The predicted octanol–water partition coefficient (Wildman–Crippen LogP) is 4.63. The molecule has 0 amide bonds. The molecule has 0 bridgehead atoms. The lowest BCUT2D eigenvalue weighted by atomic mass is 9.96. The van der Waals surface area contributed by atoms with Gasteiger partial charge in [0.1, 0.15) is 17.6 Å². The van der Waals surface area contributed by atoms with Crippen molar-refractivity contribution in [2.75, 3.05) is 19.8 Å². The zero-order chi connectivity index (χ0) is 23.7. The first-order chi connectivity index (χ1) is 16.5. The molecule has 1 atom stereocenters. The molecule has 5 rings (SSSR count). The number of hydrogen-bond acceptors (Lipinski definition) is 6. The summed E-state index contributed by atoms with van der Waals surface area (Å²) in [7, 11) is 0. The normalized spacial score (nSPS) is 16.4. The summed E-state index contributed by atoms with van der Waals surface area (Å²) in [5, 5.41) is 19.5. The molecule has 1 unspecified atom stereocenters. The van der Waals surface area contributed by atoms with Crippen LogP contribution in [0.5, 0.6) is 0 Å². The number of hydrogen-bond donors (Lipinski definition) is 1. The Bertz CT molecular complexity index is 1400. The van der Waals surface area contributed by atoms with Crippen molar-refractivity contribution in [2.24, 2.45) is 0 Å². The van der Waals surface area contributed by atoms with E-state index < -0.39 is 12.0 Å². The smallest absolute Gasteiger partial charge is 0.323 e. The minimum Gasteiger partial charge on any atom is -0.480 e. The molecule has 34 heavy (non-hydrogen) atoms. The SMILES string of the molecule is Cc1cc2oc(-c3cccc(-c4ccccc4)c3C#N)nc2cc1CN1CCOCC1C(=O)O.